The molecule has 1 amide bonds. The second kappa shape index (κ2) is 6.73. The lowest BCUT2D eigenvalue weighted by Crippen LogP contribution is -2.26. The number of aromatic nitrogens is 2. The first-order valence-corrected chi connectivity index (χ1v) is 7.42. The van der Waals surface area contributed by atoms with E-state index in [1.165, 1.54) is 12.1 Å². The monoisotopic (exact) mass is 303 g/mol. The molecule has 5 heteroatoms. The van der Waals surface area contributed by atoms with Gasteiger partial charge < -0.3 is 5.32 Å². The van der Waals surface area contributed by atoms with Crippen LogP contribution in [0.5, 0.6) is 0 Å². The van der Waals surface area contributed by atoms with Crippen molar-refractivity contribution in [1.82, 2.24) is 15.1 Å². The normalized spacial score (nSPS) is 12.2. The lowest BCUT2D eigenvalue weighted by Gasteiger charge is -2.14. The van der Waals surface area contributed by atoms with Gasteiger partial charge in [0.05, 0.1) is 11.7 Å². The SMILES string of the molecule is Cc1nn(C)c(C)c1CCC(=O)NC(C)c1ccc(F)cc1. The number of benzene rings is 1. The van der Waals surface area contributed by atoms with Crippen LogP contribution >= 0.6 is 0 Å². The number of amides is 1. The van der Waals surface area contributed by atoms with Crippen LogP contribution in [0.4, 0.5) is 4.39 Å². The number of hydrogen-bond donors (Lipinski definition) is 1. The van der Waals surface area contributed by atoms with Crippen LogP contribution in [0.25, 0.3) is 0 Å². The molecule has 4 nitrogen and oxygen atoms in total. The minimum atomic E-state index is -0.273. The standard InChI is InChI=1S/C17H22FN3O/c1-11(14-5-7-15(18)8-6-14)19-17(22)10-9-16-12(2)20-21(4)13(16)3/h5-8,11H,9-10H2,1-4H3,(H,19,22). The van der Waals surface area contributed by atoms with E-state index in [2.05, 4.69) is 10.4 Å². The Hall–Kier alpha value is -2.17. The molecule has 0 aliphatic heterocycles. The summed E-state index contributed by atoms with van der Waals surface area (Å²) in [5.41, 5.74) is 4.09. The third kappa shape index (κ3) is 3.72. The number of rotatable bonds is 5. The minimum Gasteiger partial charge on any atom is -0.350 e. The predicted octanol–water partition coefficient (Wildman–Crippen LogP) is 2.99. The molecule has 0 bridgehead atoms. The van der Waals surface area contributed by atoms with Crippen LogP contribution in [0.3, 0.4) is 0 Å². The Labute approximate surface area is 130 Å². The number of nitrogens with one attached hydrogen (secondary N) is 1. The van der Waals surface area contributed by atoms with Gasteiger partial charge in [-0.2, -0.15) is 5.10 Å². The van der Waals surface area contributed by atoms with Gasteiger partial charge in [0.25, 0.3) is 0 Å². The van der Waals surface area contributed by atoms with E-state index in [0.29, 0.717) is 12.8 Å². The lowest BCUT2D eigenvalue weighted by atomic mass is 10.1. The van der Waals surface area contributed by atoms with Crippen molar-refractivity contribution < 1.29 is 9.18 Å². The van der Waals surface area contributed by atoms with Crippen LogP contribution in [0.1, 0.15) is 41.9 Å². The van der Waals surface area contributed by atoms with E-state index in [9.17, 15) is 9.18 Å². The van der Waals surface area contributed by atoms with E-state index < -0.39 is 0 Å². The molecule has 1 unspecified atom stereocenters. The first-order valence-electron chi connectivity index (χ1n) is 7.42. The van der Waals surface area contributed by atoms with Crippen LogP contribution in [-0.4, -0.2) is 15.7 Å². The van der Waals surface area contributed by atoms with Crippen molar-refractivity contribution in [2.45, 2.75) is 39.7 Å². The molecule has 2 aromatic rings. The fourth-order valence-corrected chi connectivity index (χ4v) is 2.57. The summed E-state index contributed by atoms with van der Waals surface area (Å²) in [6.45, 7) is 5.86. The zero-order valence-corrected chi connectivity index (χ0v) is 13.5. The number of carbonyl (C=O) groups is 1. The Morgan fingerprint density at radius 1 is 1.32 bits per heavy atom. The second-order valence-corrected chi connectivity index (χ2v) is 5.61. The second-order valence-electron chi connectivity index (χ2n) is 5.61. The maximum absolute atomic E-state index is 12.9. The number of aryl methyl sites for hydroxylation is 2. The third-order valence-corrected chi connectivity index (χ3v) is 4.01. The molecule has 2 rings (SSSR count). The van der Waals surface area contributed by atoms with Crippen molar-refractivity contribution in [2.75, 3.05) is 0 Å². The highest BCUT2D eigenvalue weighted by atomic mass is 19.1. The van der Waals surface area contributed by atoms with Gasteiger partial charge in [0.1, 0.15) is 5.82 Å². The van der Waals surface area contributed by atoms with E-state index in [1.807, 2.05) is 32.5 Å². The maximum atomic E-state index is 12.9. The van der Waals surface area contributed by atoms with Crippen LogP contribution in [0.15, 0.2) is 24.3 Å². The highest BCUT2D eigenvalue weighted by Crippen LogP contribution is 2.16. The maximum Gasteiger partial charge on any atom is 0.220 e. The lowest BCUT2D eigenvalue weighted by molar-refractivity contribution is -0.121. The van der Waals surface area contributed by atoms with E-state index in [1.54, 1.807) is 12.1 Å². The Morgan fingerprint density at radius 2 is 1.95 bits per heavy atom. The minimum absolute atomic E-state index is 0.0144. The number of hydrogen-bond acceptors (Lipinski definition) is 2. The summed E-state index contributed by atoms with van der Waals surface area (Å²) < 4.78 is 14.7. The molecule has 0 saturated carbocycles. The third-order valence-electron chi connectivity index (χ3n) is 4.01. The summed E-state index contributed by atoms with van der Waals surface area (Å²) in [6.07, 6.45) is 1.09. The van der Waals surface area contributed by atoms with Gasteiger partial charge in [-0.1, -0.05) is 12.1 Å². The van der Waals surface area contributed by atoms with Crippen LogP contribution in [0, 0.1) is 19.7 Å². The molecule has 1 heterocycles. The van der Waals surface area contributed by atoms with Crippen molar-refractivity contribution in [3.05, 3.63) is 52.6 Å². The van der Waals surface area contributed by atoms with Crippen LogP contribution in [0.2, 0.25) is 0 Å². The zero-order chi connectivity index (χ0) is 16.3. The predicted molar refractivity (Wildman–Crippen MR) is 84.0 cm³/mol. The highest BCUT2D eigenvalue weighted by Gasteiger charge is 2.13. The Bertz CT molecular complexity index is 661. The molecular weight excluding hydrogens is 281 g/mol. The number of carbonyl (C=O) groups excluding carboxylic acids is 1. The van der Waals surface area contributed by atoms with Gasteiger partial charge >= 0.3 is 0 Å². The fourth-order valence-electron chi connectivity index (χ4n) is 2.57. The molecule has 0 aliphatic rings. The van der Waals surface area contributed by atoms with Gasteiger partial charge in [-0.3, -0.25) is 9.48 Å². The van der Waals surface area contributed by atoms with E-state index in [4.69, 9.17) is 0 Å². The van der Waals surface area contributed by atoms with Crippen molar-refractivity contribution in [2.24, 2.45) is 7.05 Å². The molecule has 0 spiro atoms. The molecule has 118 valence electrons. The summed E-state index contributed by atoms with van der Waals surface area (Å²) >= 11 is 0. The van der Waals surface area contributed by atoms with E-state index in [-0.39, 0.29) is 17.8 Å². The Kier molecular flexibility index (Phi) is 4.96. The van der Waals surface area contributed by atoms with Crippen molar-refractivity contribution in [3.8, 4) is 0 Å². The molecule has 1 aromatic carbocycles. The summed E-state index contributed by atoms with van der Waals surface area (Å²) in [5, 5.41) is 7.30. The summed E-state index contributed by atoms with van der Waals surface area (Å²) in [7, 11) is 1.91. The first-order chi connectivity index (χ1) is 10.4. The molecule has 0 radical (unpaired) electrons. The highest BCUT2D eigenvalue weighted by molar-refractivity contribution is 5.76. The quantitative estimate of drug-likeness (QED) is 0.923. The van der Waals surface area contributed by atoms with Gasteiger partial charge in [-0.15, -0.1) is 0 Å². The average Bonchev–Trinajstić information content (AvgIpc) is 2.70. The van der Waals surface area contributed by atoms with Gasteiger partial charge in [-0.05, 0) is 50.5 Å². The zero-order valence-electron chi connectivity index (χ0n) is 13.5. The molecule has 1 N–H and O–H groups in total. The van der Waals surface area contributed by atoms with Crippen LogP contribution in [-0.2, 0) is 18.3 Å². The molecule has 22 heavy (non-hydrogen) atoms. The van der Waals surface area contributed by atoms with E-state index in [0.717, 1.165) is 22.5 Å². The molecule has 1 aromatic heterocycles. The molecular formula is C17H22FN3O. The van der Waals surface area contributed by atoms with Gasteiger partial charge in [0, 0.05) is 19.2 Å². The van der Waals surface area contributed by atoms with Crippen molar-refractivity contribution in [1.29, 1.82) is 0 Å². The smallest absolute Gasteiger partial charge is 0.220 e. The molecule has 0 saturated heterocycles. The summed E-state index contributed by atoms with van der Waals surface area (Å²) in [4.78, 5) is 12.1. The molecule has 0 fully saturated rings. The van der Waals surface area contributed by atoms with E-state index >= 15 is 0 Å². The van der Waals surface area contributed by atoms with Crippen molar-refractivity contribution >= 4 is 5.91 Å². The molecule has 1 atom stereocenters. The fraction of sp³-hybridized carbons (Fsp3) is 0.412. The van der Waals surface area contributed by atoms with Crippen LogP contribution < -0.4 is 5.32 Å². The Balaban J connectivity index is 1.91. The Morgan fingerprint density at radius 3 is 2.50 bits per heavy atom. The number of nitrogens with zero attached hydrogens (tertiary/aromatic N) is 2. The largest absolute Gasteiger partial charge is 0.350 e. The van der Waals surface area contributed by atoms with Gasteiger partial charge in [0.15, 0.2) is 0 Å². The number of halogens is 1. The van der Waals surface area contributed by atoms with Crippen molar-refractivity contribution in [3.63, 3.8) is 0 Å². The topological polar surface area (TPSA) is 46.9 Å². The summed E-state index contributed by atoms with van der Waals surface area (Å²) in [6, 6.07) is 6.05. The molecule has 0 aliphatic carbocycles. The van der Waals surface area contributed by atoms with Gasteiger partial charge in [-0.25, -0.2) is 4.39 Å². The summed E-state index contributed by atoms with van der Waals surface area (Å²) in [5.74, 6) is -0.288. The average molecular weight is 303 g/mol. The van der Waals surface area contributed by atoms with Gasteiger partial charge in [0.2, 0.25) is 5.91 Å². The first kappa shape index (κ1) is 16.2.